The van der Waals surface area contributed by atoms with E-state index in [9.17, 15) is 4.79 Å². The summed E-state index contributed by atoms with van der Waals surface area (Å²) in [6.07, 6.45) is 1.07. The van der Waals surface area contributed by atoms with Crippen molar-refractivity contribution < 1.29 is 14.3 Å². The Hall–Kier alpha value is -1.89. The standard InChI is InChI=1S/C8H7N3O3S/c1-4-3-15-8(9-4)11-7-10-5(2-14-7)6(12)13/h2-3H,1H3,(H,12,13)(H,9,10,11). The molecule has 6 nitrogen and oxygen atoms in total. The van der Waals surface area contributed by atoms with Gasteiger partial charge in [0.1, 0.15) is 6.26 Å². The first-order valence-corrected chi connectivity index (χ1v) is 4.91. The summed E-state index contributed by atoms with van der Waals surface area (Å²) in [6.45, 7) is 1.86. The fraction of sp³-hybridized carbons (Fsp3) is 0.125. The van der Waals surface area contributed by atoms with Crippen LogP contribution in [-0.4, -0.2) is 21.0 Å². The molecule has 0 radical (unpaired) electrons. The molecule has 0 aromatic carbocycles. The van der Waals surface area contributed by atoms with E-state index in [0.29, 0.717) is 5.13 Å². The van der Waals surface area contributed by atoms with Crippen LogP contribution < -0.4 is 5.32 Å². The topological polar surface area (TPSA) is 88.2 Å². The van der Waals surface area contributed by atoms with Crippen molar-refractivity contribution >= 4 is 28.5 Å². The SMILES string of the molecule is Cc1csc(Nc2nc(C(=O)O)co2)n1. The van der Waals surface area contributed by atoms with Gasteiger partial charge >= 0.3 is 12.0 Å². The summed E-state index contributed by atoms with van der Waals surface area (Å²) in [5.41, 5.74) is 0.748. The van der Waals surface area contributed by atoms with Crippen molar-refractivity contribution in [2.24, 2.45) is 0 Å². The van der Waals surface area contributed by atoms with Gasteiger partial charge in [0.15, 0.2) is 10.8 Å². The van der Waals surface area contributed by atoms with Gasteiger partial charge in [0.25, 0.3) is 0 Å². The summed E-state index contributed by atoms with van der Waals surface area (Å²) in [6, 6.07) is 0.127. The van der Waals surface area contributed by atoms with Crippen molar-refractivity contribution in [1.82, 2.24) is 9.97 Å². The first-order valence-electron chi connectivity index (χ1n) is 4.03. The predicted octanol–water partition coefficient (Wildman–Crippen LogP) is 1.88. The van der Waals surface area contributed by atoms with Gasteiger partial charge in [-0.1, -0.05) is 0 Å². The number of aryl methyl sites for hydroxylation is 1. The lowest BCUT2D eigenvalue weighted by Gasteiger charge is -1.92. The van der Waals surface area contributed by atoms with Crippen LogP contribution in [0.2, 0.25) is 0 Å². The van der Waals surface area contributed by atoms with Gasteiger partial charge in [0, 0.05) is 5.38 Å². The van der Waals surface area contributed by atoms with Gasteiger partial charge in [-0.25, -0.2) is 9.78 Å². The third kappa shape index (κ3) is 2.13. The lowest BCUT2D eigenvalue weighted by atomic mass is 10.5. The zero-order chi connectivity index (χ0) is 10.8. The Bertz CT molecular complexity index is 491. The van der Waals surface area contributed by atoms with Crippen molar-refractivity contribution in [3.63, 3.8) is 0 Å². The highest BCUT2D eigenvalue weighted by molar-refractivity contribution is 7.13. The molecule has 0 spiro atoms. The van der Waals surface area contributed by atoms with E-state index < -0.39 is 5.97 Å². The number of carboxylic acid groups (broad SMARTS) is 1. The molecule has 2 aromatic heterocycles. The summed E-state index contributed by atoms with van der Waals surface area (Å²) < 4.78 is 4.90. The van der Waals surface area contributed by atoms with Crippen LogP contribution >= 0.6 is 11.3 Å². The zero-order valence-electron chi connectivity index (χ0n) is 7.72. The molecule has 2 aromatic rings. The minimum Gasteiger partial charge on any atom is -0.476 e. The van der Waals surface area contributed by atoms with E-state index in [0.717, 1.165) is 12.0 Å². The van der Waals surface area contributed by atoms with Crippen LogP contribution in [0.25, 0.3) is 0 Å². The molecule has 0 unspecified atom stereocenters. The lowest BCUT2D eigenvalue weighted by Crippen LogP contribution is -1.97. The zero-order valence-corrected chi connectivity index (χ0v) is 8.54. The Morgan fingerprint density at radius 3 is 2.93 bits per heavy atom. The highest BCUT2D eigenvalue weighted by Crippen LogP contribution is 2.19. The molecular formula is C8H7N3O3S. The summed E-state index contributed by atoms with van der Waals surface area (Å²) >= 11 is 1.39. The molecule has 2 heterocycles. The average Bonchev–Trinajstić information content (AvgIpc) is 2.76. The number of thiazole rings is 1. The molecule has 78 valence electrons. The van der Waals surface area contributed by atoms with Gasteiger partial charge in [0.05, 0.1) is 5.69 Å². The minimum atomic E-state index is -1.12. The van der Waals surface area contributed by atoms with Crippen LogP contribution in [0, 0.1) is 6.92 Å². The number of nitrogens with one attached hydrogen (secondary N) is 1. The van der Waals surface area contributed by atoms with E-state index in [-0.39, 0.29) is 11.7 Å². The molecule has 0 amide bonds. The van der Waals surface area contributed by atoms with Crippen LogP contribution in [0.1, 0.15) is 16.2 Å². The number of rotatable bonds is 3. The van der Waals surface area contributed by atoms with E-state index in [1.54, 1.807) is 0 Å². The first-order chi connectivity index (χ1) is 7.15. The average molecular weight is 225 g/mol. The lowest BCUT2D eigenvalue weighted by molar-refractivity contribution is 0.0690. The van der Waals surface area contributed by atoms with Crippen molar-refractivity contribution in [2.45, 2.75) is 6.92 Å². The summed E-state index contributed by atoms with van der Waals surface area (Å²) in [4.78, 5) is 18.3. The Labute approximate surface area is 88.6 Å². The first kappa shape index (κ1) is 9.66. The molecule has 7 heteroatoms. The maximum atomic E-state index is 10.5. The predicted molar refractivity (Wildman–Crippen MR) is 53.6 cm³/mol. The number of carboxylic acids is 1. The number of nitrogens with zero attached hydrogens (tertiary/aromatic N) is 2. The third-order valence-corrected chi connectivity index (χ3v) is 2.43. The smallest absolute Gasteiger partial charge is 0.357 e. The van der Waals surface area contributed by atoms with Crippen molar-refractivity contribution in [3.8, 4) is 0 Å². The number of aromatic nitrogens is 2. The van der Waals surface area contributed by atoms with Gasteiger partial charge in [-0.15, -0.1) is 11.3 Å². The van der Waals surface area contributed by atoms with Gasteiger partial charge in [-0.05, 0) is 6.92 Å². The third-order valence-electron chi connectivity index (χ3n) is 1.56. The van der Waals surface area contributed by atoms with E-state index in [1.165, 1.54) is 11.3 Å². The normalized spacial score (nSPS) is 10.2. The second kappa shape index (κ2) is 3.70. The van der Waals surface area contributed by atoms with Gasteiger partial charge in [-0.3, -0.25) is 5.32 Å². The number of aromatic carboxylic acids is 1. The molecule has 15 heavy (non-hydrogen) atoms. The summed E-state index contributed by atoms with van der Waals surface area (Å²) in [5, 5.41) is 13.9. The van der Waals surface area contributed by atoms with E-state index in [1.807, 2.05) is 12.3 Å². The molecule has 0 aliphatic rings. The molecule has 0 saturated heterocycles. The Morgan fingerprint density at radius 2 is 2.40 bits per heavy atom. The number of hydrogen-bond donors (Lipinski definition) is 2. The highest BCUT2D eigenvalue weighted by Gasteiger charge is 2.11. The maximum absolute atomic E-state index is 10.5. The van der Waals surface area contributed by atoms with Gasteiger partial charge in [-0.2, -0.15) is 4.98 Å². The maximum Gasteiger partial charge on any atom is 0.357 e. The highest BCUT2D eigenvalue weighted by atomic mass is 32.1. The fourth-order valence-corrected chi connectivity index (χ4v) is 1.61. The fourth-order valence-electron chi connectivity index (χ4n) is 0.932. The molecule has 0 bridgehead atoms. The number of carbonyl (C=O) groups is 1. The van der Waals surface area contributed by atoms with E-state index in [2.05, 4.69) is 15.3 Å². The van der Waals surface area contributed by atoms with E-state index in [4.69, 9.17) is 9.52 Å². The molecule has 2 rings (SSSR count). The second-order valence-electron chi connectivity index (χ2n) is 2.76. The second-order valence-corrected chi connectivity index (χ2v) is 3.62. The minimum absolute atomic E-state index is 0.127. The number of anilines is 2. The van der Waals surface area contributed by atoms with Crippen LogP contribution in [0.4, 0.5) is 11.1 Å². The van der Waals surface area contributed by atoms with Crippen molar-refractivity contribution in [3.05, 3.63) is 23.0 Å². The van der Waals surface area contributed by atoms with Crippen molar-refractivity contribution in [2.75, 3.05) is 5.32 Å². The van der Waals surface area contributed by atoms with Crippen LogP contribution in [0.15, 0.2) is 16.1 Å². The Balaban J connectivity index is 2.14. The molecule has 0 fully saturated rings. The van der Waals surface area contributed by atoms with Gasteiger partial charge < -0.3 is 9.52 Å². The van der Waals surface area contributed by atoms with E-state index >= 15 is 0 Å². The number of hydrogen-bond acceptors (Lipinski definition) is 6. The van der Waals surface area contributed by atoms with Crippen LogP contribution in [0.5, 0.6) is 0 Å². The monoisotopic (exact) mass is 225 g/mol. The molecule has 0 saturated carbocycles. The summed E-state index contributed by atoms with van der Waals surface area (Å²) in [7, 11) is 0. The molecular weight excluding hydrogens is 218 g/mol. The summed E-state index contributed by atoms with van der Waals surface area (Å²) in [5.74, 6) is -1.12. The molecule has 0 aliphatic carbocycles. The molecule has 2 N–H and O–H groups in total. The quantitative estimate of drug-likeness (QED) is 0.829. The van der Waals surface area contributed by atoms with Crippen LogP contribution in [-0.2, 0) is 0 Å². The van der Waals surface area contributed by atoms with Crippen LogP contribution in [0.3, 0.4) is 0 Å². The van der Waals surface area contributed by atoms with Crippen molar-refractivity contribution in [1.29, 1.82) is 0 Å². The Morgan fingerprint density at radius 1 is 1.60 bits per heavy atom. The van der Waals surface area contributed by atoms with Gasteiger partial charge in [0.2, 0.25) is 0 Å². The Kier molecular flexibility index (Phi) is 2.38. The molecule has 0 atom stereocenters. The molecule has 0 aliphatic heterocycles. The largest absolute Gasteiger partial charge is 0.476 e. The number of oxazole rings is 1.